The Kier molecular flexibility index (Phi) is 4.20. The van der Waals surface area contributed by atoms with Gasteiger partial charge in [-0.3, -0.25) is 14.6 Å². The number of amides is 2. The molecule has 6 heteroatoms. The number of anilines is 1. The predicted octanol–water partition coefficient (Wildman–Crippen LogP) is 2.99. The molecule has 0 unspecified atom stereocenters. The number of carbonyl (C=O) groups excluding carboxylic acids is 2. The van der Waals surface area contributed by atoms with Crippen LogP contribution in [0.15, 0.2) is 47.1 Å². The zero-order chi connectivity index (χ0) is 15.5. The van der Waals surface area contributed by atoms with Gasteiger partial charge in [0.05, 0.1) is 0 Å². The summed E-state index contributed by atoms with van der Waals surface area (Å²) in [6, 6.07) is 10.7. The smallest absolute Gasteiger partial charge is 0.270 e. The molecule has 2 aromatic rings. The Morgan fingerprint density at radius 2 is 1.95 bits per heavy atom. The number of pyridine rings is 1. The van der Waals surface area contributed by atoms with Gasteiger partial charge in [-0.1, -0.05) is 22.0 Å². The van der Waals surface area contributed by atoms with Crippen molar-refractivity contribution in [2.45, 2.75) is 18.9 Å². The van der Waals surface area contributed by atoms with E-state index in [-0.39, 0.29) is 23.6 Å². The van der Waals surface area contributed by atoms with Crippen LogP contribution in [0.5, 0.6) is 0 Å². The van der Waals surface area contributed by atoms with E-state index in [9.17, 15) is 9.59 Å². The lowest BCUT2D eigenvalue weighted by Crippen LogP contribution is -2.26. The molecule has 5 nitrogen and oxygen atoms in total. The van der Waals surface area contributed by atoms with Crippen LogP contribution in [0, 0.1) is 0 Å². The van der Waals surface area contributed by atoms with Crippen LogP contribution in [0.1, 0.15) is 33.7 Å². The van der Waals surface area contributed by atoms with Crippen LogP contribution >= 0.6 is 15.9 Å². The van der Waals surface area contributed by atoms with E-state index in [1.807, 2.05) is 12.1 Å². The lowest BCUT2D eigenvalue weighted by atomic mass is 10.2. The number of nitrogens with one attached hydrogen (secondary N) is 2. The average molecular weight is 360 g/mol. The van der Waals surface area contributed by atoms with Crippen LogP contribution in [-0.4, -0.2) is 22.8 Å². The summed E-state index contributed by atoms with van der Waals surface area (Å²) in [4.78, 5) is 28.2. The number of benzene rings is 1. The van der Waals surface area contributed by atoms with Crippen LogP contribution in [0.4, 0.5) is 5.69 Å². The van der Waals surface area contributed by atoms with Crippen molar-refractivity contribution in [1.82, 2.24) is 10.3 Å². The van der Waals surface area contributed by atoms with Crippen LogP contribution in [0.25, 0.3) is 0 Å². The van der Waals surface area contributed by atoms with Gasteiger partial charge in [0.1, 0.15) is 5.69 Å². The third-order valence-electron chi connectivity index (χ3n) is 3.25. The molecule has 2 N–H and O–H groups in total. The SMILES string of the molecule is O=C(Nc1cccc(Br)c1)c1ccnc(C(=O)NC2CC2)c1. The molecule has 1 aromatic heterocycles. The maximum atomic E-state index is 12.2. The van der Waals surface area contributed by atoms with E-state index in [1.165, 1.54) is 12.3 Å². The molecule has 0 atom stereocenters. The fourth-order valence-corrected chi connectivity index (χ4v) is 2.35. The number of nitrogens with zero attached hydrogens (tertiary/aromatic N) is 1. The molecule has 1 fully saturated rings. The molecule has 1 aliphatic carbocycles. The summed E-state index contributed by atoms with van der Waals surface area (Å²) in [5.74, 6) is -0.513. The van der Waals surface area contributed by atoms with E-state index >= 15 is 0 Å². The normalized spacial score (nSPS) is 13.5. The summed E-state index contributed by atoms with van der Waals surface area (Å²) in [5, 5.41) is 5.64. The minimum atomic E-state index is -0.277. The molecule has 1 saturated carbocycles. The standard InChI is InChI=1S/C16H14BrN3O2/c17-11-2-1-3-13(9-11)20-15(21)10-6-7-18-14(8-10)16(22)19-12-4-5-12/h1-3,6-9,12H,4-5H2,(H,19,22)(H,20,21). The van der Waals surface area contributed by atoms with Gasteiger partial charge in [0.15, 0.2) is 0 Å². The number of hydrogen-bond acceptors (Lipinski definition) is 3. The maximum Gasteiger partial charge on any atom is 0.270 e. The van der Waals surface area contributed by atoms with Gasteiger partial charge in [-0.25, -0.2) is 0 Å². The van der Waals surface area contributed by atoms with Gasteiger partial charge in [-0.15, -0.1) is 0 Å². The van der Waals surface area contributed by atoms with Crippen molar-refractivity contribution in [3.63, 3.8) is 0 Å². The fourth-order valence-electron chi connectivity index (χ4n) is 1.95. The first-order valence-corrected chi connectivity index (χ1v) is 7.75. The monoisotopic (exact) mass is 359 g/mol. The molecular formula is C16H14BrN3O2. The molecule has 22 heavy (non-hydrogen) atoms. The minimum Gasteiger partial charge on any atom is -0.348 e. The van der Waals surface area contributed by atoms with E-state index in [0.717, 1.165) is 17.3 Å². The van der Waals surface area contributed by atoms with Gasteiger partial charge in [-0.2, -0.15) is 0 Å². The number of aromatic nitrogens is 1. The first-order valence-electron chi connectivity index (χ1n) is 6.95. The zero-order valence-corrected chi connectivity index (χ0v) is 13.3. The number of rotatable bonds is 4. The highest BCUT2D eigenvalue weighted by Crippen LogP contribution is 2.19. The van der Waals surface area contributed by atoms with Crippen molar-refractivity contribution in [2.24, 2.45) is 0 Å². The first kappa shape index (κ1) is 14.7. The Labute approximate surface area is 136 Å². The lowest BCUT2D eigenvalue weighted by molar-refractivity contribution is 0.0946. The van der Waals surface area contributed by atoms with Crippen LogP contribution in [0.3, 0.4) is 0 Å². The third kappa shape index (κ3) is 3.71. The molecule has 0 saturated heterocycles. The molecule has 1 aromatic carbocycles. The summed E-state index contributed by atoms with van der Waals surface area (Å²) >= 11 is 3.35. The second-order valence-electron chi connectivity index (χ2n) is 5.14. The van der Waals surface area contributed by atoms with Gasteiger partial charge in [0.25, 0.3) is 11.8 Å². The van der Waals surface area contributed by atoms with Crippen LogP contribution in [-0.2, 0) is 0 Å². The van der Waals surface area contributed by atoms with Crippen molar-refractivity contribution in [3.8, 4) is 0 Å². The Morgan fingerprint density at radius 3 is 2.68 bits per heavy atom. The third-order valence-corrected chi connectivity index (χ3v) is 3.74. The largest absolute Gasteiger partial charge is 0.348 e. The molecule has 112 valence electrons. The minimum absolute atomic E-state index is 0.236. The summed E-state index contributed by atoms with van der Waals surface area (Å²) in [7, 11) is 0. The molecule has 0 aliphatic heterocycles. The van der Waals surface area contributed by atoms with E-state index in [0.29, 0.717) is 11.3 Å². The molecule has 1 aliphatic rings. The molecule has 3 rings (SSSR count). The predicted molar refractivity (Wildman–Crippen MR) is 86.8 cm³/mol. The summed E-state index contributed by atoms with van der Waals surface area (Å²) in [6.45, 7) is 0. The Bertz CT molecular complexity index is 729. The van der Waals surface area contributed by atoms with Gasteiger partial charge >= 0.3 is 0 Å². The fraction of sp³-hybridized carbons (Fsp3) is 0.188. The number of carbonyl (C=O) groups is 2. The highest BCUT2D eigenvalue weighted by Gasteiger charge is 2.24. The van der Waals surface area contributed by atoms with Gasteiger partial charge in [0, 0.05) is 28.0 Å². The molecule has 2 amide bonds. The molecular weight excluding hydrogens is 346 g/mol. The Morgan fingerprint density at radius 1 is 1.14 bits per heavy atom. The van der Waals surface area contributed by atoms with E-state index in [1.54, 1.807) is 18.2 Å². The maximum absolute atomic E-state index is 12.2. The summed E-state index contributed by atoms with van der Waals surface area (Å²) < 4.78 is 0.879. The second-order valence-corrected chi connectivity index (χ2v) is 6.06. The van der Waals surface area contributed by atoms with E-state index in [4.69, 9.17) is 0 Å². The number of halogens is 1. The van der Waals surface area contributed by atoms with Crippen molar-refractivity contribution in [1.29, 1.82) is 0 Å². The molecule has 0 bridgehead atoms. The topological polar surface area (TPSA) is 71.1 Å². The highest BCUT2D eigenvalue weighted by atomic mass is 79.9. The summed E-state index contributed by atoms with van der Waals surface area (Å²) in [6.07, 6.45) is 3.49. The Balaban J connectivity index is 1.73. The highest BCUT2D eigenvalue weighted by molar-refractivity contribution is 9.10. The number of hydrogen-bond donors (Lipinski definition) is 2. The zero-order valence-electron chi connectivity index (χ0n) is 11.7. The van der Waals surface area contributed by atoms with Crippen molar-refractivity contribution >= 4 is 33.4 Å². The van der Waals surface area contributed by atoms with Crippen molar-refractivity contribution < 1.29 is 9.59 Å². The lowest BCUT2D eigenvalue weighted by Gasteiger charge is -2.07. The van der Waals surface area contributed by atoms with Crippen molar-refractivity contribution in [3.05, 3.63) is 58.3 Å². The van der Waals surface area contributed by atoms with E-state index < -0.39 is 0 Å². The second kappa shape index (κ2) is 6.27. The quantitative estimate of drug-likeness (QED) is 0.881. The Hall–Kier alpha value is -2.21. The van der Waals surface area contributed by atoms with Gasteiger partial charge in [0.2, 0.25) is 0 Å². The van der Waals surface area contributed by atoms with Crippen LogP contribution in [0.2, 0.25) is 0 Å². The molecule has 0 radical (unpaired) electrons. The van der Waals surface area contributed by atoms with Gasteiger partial charge in [-0.05, 0) is 43.2 Å². The van der Waals surface area contributed by atoms with Crippen molar-refractivity contribution in [2.75, 3.05) is 5.32 Å². The average Bonchev–Trinajstić information content (AvgIpc) is 3.31. The first-order chi connectivity index (χ1) is 10.6. The van der Waals surface area contributed by atoms with Gasteiger partial charge < -0.3 is 10.6 Å². The van der Waals surface area contributed by atoms with Crippen LogP contribution < -0.4 is 10.6 Å². The van der Waals surface area contributed by atoms with E-state index in [2.05, 4.69) is 31.5 Å². The molecule has 1 heterocycles. The molecule has 0 spiro atoms. The summed E-state index contributed by atoms with van der Waals surface area (Å²) in [5.41, 5.74) is 1.34.